The number of aromatic nitrogens is 4. The first-order valence-corrected chi connectivity index (χ1v) is 7.24. The number of carboxylic acid groups (broad SMARTS) is 1. The Labute approximate surface area is 134 Å². The first-order valence-electron chi connectivity index (χ1n) is 7.24. The fourth-order valence-electron chi connectivity index (χ4n) is 2.46. The van der Waals surface area contributed by atoms with Crippen LogP contribution in [0.5, 0.6) is 0 Å². The molecule has 0 saturated carbocycles. The number of rotatable bonds is 5. The van der Waals surface area contributed by atoms with Crippen LogP contribution in [0.2, 0.25) is 0 Å². The number of likely N-dealkylation sites (N-methyl/N-ethyl adjacent to an activating group) is 1. The summed E-state index contributed by atoms with van der Waals surface area (Å²) >= 11 is 0. The molecule has 2 rings (SSSR count). The van der Waals surface area contributed by atoms with Crippen molar-refractivity contribution in [1.82, 2.24) is 24.5 Å². The highest BCUT2D eigenvalue weighted by Crippen LogP contribution is 2.16. The maximum Gasteiger partial charge on any atom is 0.356 e. The zero-order valence-corrected chi connectivity index (χ0v) is 13.9. The van der Waals surface area contributed by atoms with Crippen molar-refractivity contribution < 1.29 is 14.7 Å². The van der Waals surface area contributed by atoms with Crippen LogP contribution in [0.3, 0.4) is 0 Å². The van der Waals surface area contributed by atoms with E-state index >= 15 is 0 Å². The standard InChI is InChI=1S/C15H21N5O3/c1-9-12(10(2)19(5)16-9)8-18(4)14(21)11(3)20-7-6-13(17-20)15(22)23/h6-7,11H,8H2,1-5H3,(H,22,23). The predicted molar refractivity (Wildman–Crippen MR) is 83.1 cm³/mol. The third kappa shape index (κ3) is 3.25. The Balaban J connectivity index is 2.13. The molecule has 2 aromatic heterocycles. The smallest absolute Gasteiger partial charge is 0.356 e. The van der Waals surface area contributed by atoms with E-state index in [0.29, 0.717) is 6.54 Å². The minimum Gasteiger partial charge on any atom is -0.476 e. The number of amides is 1. The van der Waals surface area contributed by atoms with Gasteiger partial charge in [-0.05, 0) is 26.8 Å². The first kappa shape index (κ1) is 16.7. The van der Waals surface area contributed by atoms with Crippen LogP contribution in [0.4, 0.5) is 0 Å². The fourth-order valence-corrected chi connectivity index (χ4v) is 2.46. The highest BCUT2D eigenvalue weighted by Gasteiger charge is 2.23. The lowest BCUT2D eigenvalue weighted by Gasteiger charge is -2.22. The second-order valence-corrected chi connectivity index (χ2v) is 5.63. The third-order valence-electron chi connectivity index (χ3n) is 4.01. The molecule has 0 aliphatic rings. The van der Waals surface area contributed by atoms with Gasteiger partial charge in [0.05, 0.1) is 5.69 Å². The molecule has 1 N–H and O–H groups in total. The molecule has 0 aliphatic heterocycles. The van der Waals surface area contributed by atoms with Crippen molar-refractivity contribution in [3.8, 4) is 0 Å². The summed E-state index contributed by atoms with van der Waals surface area (Å²) in [6, 6.07) is 0.798. The molecule has 0 aliphatic carbocycles. The van der Waals surface area contributed by atoms with Crippen molar-refractivity contribution in [1.29, 1.82) is 0 Å². The number of hydrogen-bond acceptors (Lipinski definition) is 4. The molecule has 8 nitrogen and oxygen atoms in total. The van der Waals surface area contributed by atoms with Gasteiger partial charge in [-0.2, -0.15) is 10.2 Å². The van der Waals surface area contributed by atoms with Crippen molar-refractivity contribution in [3.05, 3.63) is 34.9 Å². The minimum atomic E-state index is -1.11. The van der Waals surface area contributed by atoms with Crippen LogP contribution in [0.1, 0.15) is 40.4 Å². The topological polar surface area (TPSA) is 93.2 Å². The van der Waals surface area contributed by atoms with Gasteiger partial charge in [0, 0.05) is 38.1 Å². The Kier molecular flexibility index (Phi) is 4.53. The number of carboxylic acids is 1. The maximum absolute atomic E-state index is 12.5. The van der Waals surface area contributed by atoms with Crippen LogP contribution >= 0.6 is 0 Å². The molecule has 0 saturated heterocycles. The van der Waals surface area contributed by atoms with E-state index in [-0.39, 0.29) is 11.6 Å². The Bertz CT molecular complexity index is 746. The second-order valence-electron chi connectivity index (χ2n) is 5.63. The average molecular weight is 319 g/mol. The number of carbonyl (C=O) groups excluding carboxylic acids is 1. The molecule has 0 radical (unpaired) electrons. The number of aryl methyl sites for hydroxylation is 2. The summed E-state index contributed by atoms with van der Waals surface area (Å²) in [5.74, 6) is -1.26. The predicted octanol–water partition coefficient (Wildman–Crippen LogP) is 1.15. The van der Waals surface area contributed by atoms with Crippen molar-refractivity contribution in [2.45, 2.75) is 33.4 Å². The van der Waals surface area contributed by atoms with E-state index in [2.05, 4.69) is 10.2 Å². The van der Waals surface area contributed by atoms with E-state index in [1.54, 1.807) is 23.6 Å². The molecule has 2 heterocycles. The highest BCUT2D eigenvalue weighted by molar-refractivity contribution is 5.85. The number of nitrogens with zero attached hydrogens (tertiary/aromatic N) is 5. The van der Waals surface area contributed by atoms with Gasteiger partial charge in [-0.3, -0.25) is 14.2 Å². The Hall–Kier alpha value is -2.64. The van der Waals surface area contributed by atoms with Gasteiger partial charge in [0.15, 0.2) is 5.69 Å². The van der Waals surface area contributed by atoms with Crippen molar-refractivity contribution in [2.75, 3.05) is 7.05 Å². The lowest BCUT2D eigenvalue weighted by molar-refractivity contribution is -0.133. The monoisotopic (exact) mass is 319 g/mol. The van der Waals surface area contributed by atoms with Crippen molar-refractivity contribution in [2.24, 2.45) is 7.05 Å². The van der Waals surface area contributed by atoms with Crippen LogP contribution in [-0.4, -0.2) is 48.5 Å². The summed E-state index contributed by atoms with van der Waals surface area (Å²) < 4.78 is 3.16. The molecular weight excluding hydrogens is 298 g/mol. The van der Waals surface area contributed by atoms with E-state index in [4.69, 9.17) is 5.11 Å². The summed E-state index contributed by atoms with van der Waals surface area (Å²) in [6.45, 7) is 6.02. The van der Waals surface area contributed by atoms with Gasteiger partial charge in [0.25, 0.3) is 0 Å². The summed E-state index contributed by atoms with van der Waals surface area (Å²) in [5.41, 5.74) is 2.85. The molecule has 0 spiro atoms. The zero-order valence-electron chi connectivity index (χ0n) is 13.9. The van der Waals surface area contributed by atoms with Gasteiger partial charge in [-0.15, -0.1) is 0 Å². The average Bonchev–Trinajstić information content (AvgIpc) is 3.07. The number of hydrogen-bond donors (Lipinski definition) is 1. The van der Waals surface area contributed by atoms with E-state index in [9.17, 15) is 9.59 Å². The van der Waals surface area contributed by atoms with Crippen LogP contribution in [0.25, 0.3) is 0 Å². The minimum absolute atomic E-state index is 0.0775. The van der Waals surface area contributed by atoms with Gasteiger partial charge in [-0.25, -0.2) is 4.79 Å². The summed E-state index contributed by atoms with van der Waals surface area (Å²) in [4.78, 5) is 25.0. The summed E-state index contributed by atoms with van der Waals surface area (Å²) in [5, 5.41) is 17.2. The van der Waals surface area contributed by atoms with Gasteiger partial charge in [0.1, 0.15) is 6.04 Å². The Morgan fingerprint density at radius 1 is 1.35 bits per heavy atom. The van der Waals surface area contributed by atoms with E-state index in [0.717, 1.165) is 17.0 Å². The molecular formula is C15H21N5O3. The molecule has 0 aromatic carbocycles. The van der Waals surface area contributed by atoms with Gasteiger partial charge in [-0.1, -0.05) is 0 Å². The maximum atomic E-state index is 12.5. The van der Waals surface area contributed by atoms with Gasteiger partial charge in [0.2, 0.25) is 5.91 Å². The Morgan fingerprint density at radius 2 is 2.00 bits per heavy atom. The molecule has 1 amide bonds. The molecule has 23 heavy (non-hydrogen) atoms. The molecule has 8 heteroatoms. The first-order chi connectivity index (χ1) is 10.7. The van der Waals surface area contributed by atoms with Crippen LogP contribution in [0, 0.1) is 13.8 Å². The highest BCUT2D eigenvalue weighted by atomic mass is 16.4. The lowest BCUT2D eigenvalue weighted by Crippen LogP contribution is -2.33. The third-order valence-corrected chi connectivity index (χ3v) is 4.01. The number of aromatic carboxylic acids is 1. The SMILES string of the molecule is Cc1nn(C)c(C)c1CN(C)C(=O)C(C)n1ccc(C(=O)O)n1. The van der Waals surface area contributed by atoms with Gasteiger partial charge < -0.3 is 10.0 Å². The normalized spacial score (nSPS) is 12.2. The number of carbonyl (C=O) groups is 2. The van der Waals surface area contributed by atoms with Crippen LogP contribution in [-0.2, 0) is 18.4 Å². The van der Waals surface area contributed by atoms with E-state index < -0.39 is 12.0 Å². The second kappa shape index (κ2) is 6.23. The lowest BCUT2D eigenvalue weighted by atomic mass is 10.1. The molecule has 2 aromatic rings. The van der Waals surface area contributed by atoms with Crippen molar-refractivity contribution >= 4 is 11.9 Å². The molecule has 1 unspecified atom stereocenters. The fraction of sp³-hybridized carbons (Fsp3) is 0.467. The van der Waals surface area contributed by atoms with Crippen LogP contribution in [0.15, 0.2) is 12.3 Å². The molecule has 0 fully saturated rings. The zero-order chi connectivity index (χ0) is 17.3. The molecule has 1 atom stereocenters. The summed E-state index contributed by atoms with van der Waals surface area (Å²) in [7, 11) is 3.58. The van der Waals surface area contributed by atoms with Gasteiger partial charge >= 0.3 is 5.97 Å². The molecule has 124 valence electrons. The quantitative estimate of drug-likeness (QED) is 0.892. The van der Waals surface area contributed by atoms with E-state index in [1.807, 2.05) is 20.9 Å². The Morgan fingerprint density at radius 3 is 2.48 bits per heavy atom. The van der Waals surface area contributed by atoms with Crippen LogP contribution < -0.4 is 0 Å². The summed E-state index contributed by atoms with van der Waals surface area (Å²) in [6.07, 6.45) is 1.50. The van der Waals surface area contributed by atoms with Crippen molar-refractivity contribution in [3.63, 3.8) is 0 Å². The largest absolute Gasteiger partial charge is 0.476 e. The van der Waals surface area contributed by atoms with E-state index in [1.165, 1.54) is 16.9 Å². The molecule has 0 bridgehead atoms.